The molecule has 0 radical (unpaired) electrons. The minimum Gasteiger partial charge on any atom is -0.405 e. The number of carbonyl (C=O) groups is 2. The van der Waals surface area contributed by atoms with Crippen LogP contribution in [0, 0.1) is 11.3 Å². The average Bonchev–Trinajstić information content (AvgIpc) is 2.70. The molecule has 0 heterocycles. The van der Waals surface area contributed by atoms with Crippen LogP contribution < -0.4 is 15.8 Å². The number of hydrogen-bond donors (Lipinski definition) is 2. The molecule has 0 atom stereocenters. The molecule has 2 aromatic carbocycles. The Labute approximate surface area is 181 Å². The lowest BCUT2D eigenvalue weighted by atomic mass is 9.98. The molecule has 8 nitrogen and oxygen atoms in total. The molecule has 0 aliphatic heterocycles. The van der Waals surface area contributed by atoms with Crippen LogP contribution in [0.25, 0.3) is 0 Å². The van der Waals surface area contributed by atoms with E-state index >= 15 is 0 Å². The summed E-state index contributed by atoms with van der Waals surface area (Å²) in [6.45, 7) is -0.348. The number of hydrogen-bond acceptors (Lipinski definition) is 6. The molecular formula is C20H18F3N3O5S. The number of para-hydroxylation sites is 1. The van der Waals surface area contributed by atoms with Gasteiger partial charge in [0.1, 0.15) is 12.3 Å². The normalized spacial score (nSPS) is 11.4. The monoisotopic (exact) mass is 469 g/mol. The lowest BCUT2D eigenvalue weighted by Gasteiger charge is -2.14. The van der Waals surface area contributed by atoms with Gasteiger partial charge in [0.15, 0.2) is 9.84 Å². The molecule has 0 unspecified atom stereocenters. The lowest BCUT2D eigenvalue weighted by molar-refractivity contribution is -0.274. The Kier molecular flexibility index (Phi) is 7.82. The van der Waals surface area contributed by atoms with E-state index in [1.807, 2.05) is 0 Å². The maximum absolute atomic E-state index is 12.6. The zero-order valence-corrected chi connectivity index (χ0v) is 17.3. The van der Waals surface area contributed by atoms with E-state index in [9.17, 15) is 31.2 Å². The van der Waals surface area contributed by atoms with Crippen LogP contribution in [0.2, 0.25) is 0 Å². The topological polar surface area (TPSA) is 139 Å². The highest BCUT2D eigenvalue weighted by atomic mass is 32.2. The molecule has 0 saturated heterocycles. The Balaban J connectivity index is 2.27. The van der Waals surface area contributed by atoms with Crippen molar-refractivity contribution < 1.29 is 35.9 Å². The van der Waals surface area contributed by atoms with E-state index in [-0.39, 0.29) is 35.2 Å². The van der Waals surface area contributed by atoms with E-state index in [1.165, 1.54) is 36.4 Å². The van der Waals surface area contributed by atoms with Crippen molar-refractivity contribution in [2.75, 3.05) is 12.3 Å². The SMILES string of the molecule is N#CCNC(=O)c1c(CCS(=O)(=O)Cc2ccccc2OC(F)(F)F)cccc1C(N)=O. The first-order chi connectivity index (χ1) is 14.9. The molecule has 0 aliphatic carbocycles. The van der Waals surface area contributed by atoms with Crippen LogP contribution in [-0.2, 0) is 22.0 Å². The molecule has 2 amide bonds. The third kappa shape index (κ3) is 6.98. The standard InChI is InChI=1S/C20H18F3N3O5S/c21-20(22,23)31-16-7-2-1-4-14(16)12-32(29,30)11-8-13-5-3-6-15(18(25)27)17(13)19(28)26-10-9-24/h1-7H,8,10-12H2,(H2,25,27)(H,26,28). The number of nitriles is 1. The molecule has 0 saturated carbocycles. The van der Waals surface area contributed by atoms with Crippen LogP contribution in [0.5, 0.6) is 5.75 Å². The summed E-state index contributed by atoms with van der Waals surface area (Å²) in [6, 6.07) is 10.7. The van der Waals surface area contributed by atoms with Gasteiger partial charge in [-0.05, 0) is 24.1 Å². The van der Waals surface area contributed by atoms with Crippen molar-refractivity contribution in [1.82, 2.24) is 5.32 Å². The highest BCUT2D eigenvalue weighted by Gasteiger charge is 2.32. The third-order valence-electron chi connectivity index (χ3n) is 4.23. The minimum atomic E-state index is -4.99. The summed E-state index contributed by atoms with van der Waals surface area (Å²) in [6.07, 6.45) is -5.21. The van der Waals surface area contributed by atoms with Crippen LogP contribution in [0.15, 0.2) is 42.5 Å². The number of aryl methyl sites for hydroxylation is 1. The number of nitrogens with zero attached hydrogens (tertiary/aromatic N) is 1. The van der Waals surface area contributed by atoms with E-state index in [1.54, 1.807) is 6.07 Å². The second-order valence-electron chi connectivity index (χ2n) is 6.54. The Morgan fingerprint density at radius 3 is 2.38 bits per heavy atom. The molecule has 0 aliphatic rings. The van der Waals surface area contributed by atoms with Crippen molar-refractivity contribution in [3.8, 4) is 11.8 Å². The summed E-state index contributed by atoms with van der Waals surface area (Å²) in [5.41, 5.74) is 4.98. The van der Waals surface area contributed by atoms with Gasteiger partial charge in [0.2, 0.25) is 5.91 Å². The second kappa shape index (κ2) is 10.1. The number of nitrogens with two attached hydrogens (primary N) is 1. The number of sulfone groups is 1. The van der Waals surface area contributed by atoms with Gasteiger partial charge in [-0.1, -0.05) is 30.3 Å². The van der Waals surface area contributed by atoms with Crippen LogP contribution in [-0.4, -0.2) is 38.9 Å². The van der Waals surface area contributed by atoms with E-state index in [0.717, 1.165) is 6.07 Å². The van der Waals surface area contributed by atoms with Crippen molar-refractivity contribution in [1.29, 1.82) is 5.26 Å². The quantitative estimate of drug-likeness (QED) is 0.539. The number of rotatable bonds is 9. The van der Waals surface area contributed by atoms with E-state index in [4.69, 9.17) is 11.0 Å². The number of halogens is 3. The Bertz CT molecular complexity index is 1160. The molecule has 170 valence electrons. The van der Waals surface area contributed by atoms with E-state index in [0.29, 0.717) is 0 Å². The second-order valence-corrected chi connectivity index (χ2v) is 8.73. The largest absolute Gasteiger partial charge is 0.573 e. The highest BCUT2D eigenvalue weighted by Crippen LogP contribution is 2.28. The fraction of sp³-hybridized carbons (Fsp3) is 0.250. The zero-order chi connectivity index (χ0) is 23.9. The van der Waals surface area contributed by atoms with Gasteiger partial charge in [0.05, 0.1) is 28.7 Å². The number of amides is 2. The molecule has 0 bridgehead atoms. The van der Waals surface area contributed by atoms with Gasteiger partial charge < -0.3 is 15.8 Å². The summed E-state index contributed by atoms with van der Waals surface area (Å²) < 4.78 is 66.8. The summed E-state index contributed by atoms with van der Waals surface area (Å²) in [7, 11) is -3.95. The van der Waals surface area contributed by atoms with Gasteiger partial charge in [-0.15, -0.1) is 13.2 Å². The Hall–Kier alpha value is -3.59. The fourth-order valence-corrected chi connectivity index (χ4v) is 4.30. The van der Waals surface area contributed by atoms with Gasteiger partial charge in [-0.25, -0.2) is 8.42 Å². The molecule has 0 aromatic heterocycles. The first kappa shape index (κ1) is 24.7. The maximum Gasteiger partial charge on any atom is 0.573 e. The van der Waals surface area contributed by atoms with Crippen molar-refractivity contribution in [2.24, 2.45) is 5.73 Å². The van der Waals surface area contributed by atoms with Crippen molar-refractivity contribution >= 4 is 21.7 Å². The van der Waals surface area contributed by atoms with Gasteiger partial charge in [0.25, 0.3) is 5.91 Å². The molecule has 12 heteroatoms. The summed E-state index contributed by atoms with van der Waals surface area (Å²) >= 11 is 0. The highest BCUT2D eigenvalue weighted by molar-refractivity contribution is 7.90. The van der Waals surface area contributed by atoms with Crippen molar-refractivity contribution in [3.63, 3.8) is 0 Å². The molecule has 2 aromatic rings. The van der Waals surface area contributed by atoms with Crippen LogP contribution in [0.3, 0.4) is 0 Å². The van der Waals surface area contributed by atoms with Gasteiger partial charge >= 0.3 is 6.36 Å². The smallest absolute Gasteiger partial charge is 0.405 e. The Morgan fingerprint density at radius 1 is 1.09 bits per heavy atom. The number of primary amides is 1. The number of ether oxygens (including phenoxy) is 1. The number of alkyl halides is 3. The van der Waals surface area contributed by atoms with Gasteiger partial charge in [-0.3, -0.25) is 9.59 Å². The lowest BCUT2D eigenvalue weighted by Crippen LogP contribution is -2.29. The number of carbonyl (C=O) groups excluding carboxylic acids is 2. The number of nitrogens with one attached hydrogen (secondary N) is 1. The molecule has 32 heavy (non-hydrogen) atoms. The van der Waals surface area contributed by atoms with Crippen LogP contribution in [0.4, 0.5) is 13.2 Å². The van der Waals surface area contributed by atoms with Crippen molar-refractivity contribution in [2.45, 2.75) is 18.5 Å². The number of benzene rings is 2. The first-order valence-corrected chi connectivity index (χ1v) is 10.9. The third-order valence-corrected chi connectivity index (χ3v) is 5.80. The molecule has 2 rings (SSSR count). The zero-order valence-electron chi connectivity index (χ0n) is 16.5. The first-order valence-electron chi connectivity index (χ1n) is 9.04. The van der Waals surface area contributed by atoms with Crippen LogP contribution in [0.1, 0.15) is 31.8 Å². The van der Waals surface area contributed by atoms with Crippen LogP contribution >= 0.6 is 0 Å². The molecule has 3 N–H and O–H groups in total. The predicted octanol–water partition coefficient (Wildman–Crippen LogP) is 2.09. The molecular weight excluding hydrogens is 451 g/mol. The molecule has 0 fully saturated rings. The summed E-state index contributed by atoms with van der Waals surface area (Å²) in [5, 5.41) is 10.9. The average molecular weight is 469 g/mol. The maximum atomic E-state index is 12.6. The van der Waals surface area contributed by atoms with Gasteiger partial charge in [-0.2, -0.15) is 5.26 Å². The molecule has 0 spiro atoms. The van der Waals surface area contributed by atoms with Crippen molar-refractivity contribution in [3.05, 3.63) is 64.7 Å². The summed E-state index contributed by atoms with van der Waals surface area (Å²) in [4.78, 5) is 24.1. The predicted molar refractivity (Wildman–Crippen MR) is 107 cm³/mol. The Morgan fingerprint density at radius 2 is 1.75 bits per heavy atom. The van der Waals surface area contributed by atoms with E-state index < -0.39 is 45.3 Å². The van der Waals surface area contributed by atoms with E-state index in [2.05, 4.69) is 10.1 Å². The summed E-state index contributed by atoms with van der Waals surface area (Å²) in [5.74, 6) is -3.60. The fourth-order valence-electron chi connectivity index (χ4n) is 2.91. The minimum absolute atomic E-state index is 0.153. The van der Waals surface area contributed by atoms with Gasteiger partial charge in [0, 0.05) is 5.56 Å².